The van der Waals surface area contributed by atoms with Crippen molar-refractivity contribution in [1.29, 1.82) is 0 Å². The Morgan fingerprint density at radius 1 is 1.20 bits per heavy atom. The van der Waals surface area contributed by atoms with Gasteiger partial charge in [-0.15, -0.1) is 0 Å². The lowest BCUT2D eigenvalue weighted by molar-refractivity contribution is 0.0970. The molecule has 0 aliphatic rings. The zero-order chi connectivity index (χ0) is 14.8. The lowest BCUT2D eigenvalue weighted by Gasteiger charge is -2.14. The maximum atomic E-state index is 6.24. The Morgan fingerprint density at radius 2 is 2.00 bits per heavy atom. The highest BCUT2D eigenvalue weighted by atomic mass is 35.5. The molecule has 1 aromatic rings. The third-order valence-electron chi connectivity index (χ3n) is 2.79. The Morgan fingerprint density at radius 3 is 2.65 bits per heavy atom. The van der Waals surface area contributed by atoms with Crippen molar-refractivity contribution in [2.75, 3.05) is 34.0 Å². The van der Waals surface area contributed by atoms with Crippen molar-refractivity contribution in [3.05, 3.63) is 22.7 Å². The van der Waals surface area contributed by atoms with E-state index in [1.165, 1.54) is 0 Å². The average molecular weight is 302 g/mol. The van der Waals surface area contributed by atoms with Crippen LogP contribution >= 0.6 is 11.6 Å². The van der Waals surface area contributed by atoms with Gasteiger partial charge in [0.1, 0.15) is 6.61 Å². The number of unbranched alkanes of at least 4 members (excludes halogenated alkanes) is 1. The minimum atomic E-state index is 0.463. The highest BCUT2D eigenvalue weighted by Gasteiger charge is 2.11. The van der Waals surface area contributed by atoms with Crippen LogP contribution in [0.25, 0.3) is 0 Å². The lowest BCUT2D eigenvalue weighted by atomic mass is 10.2. The van der Waals surface area contributed by atoms with E-state index < -0.39 is 0 Å². The quantitative estimate of drug-likeness (QED) is 0.673. The van der Waals surface area contributed by atoms with Gasteiger partial charge in [-0.05, 0) is 31.2 Å². The molecule has 0 amide bonds. The molecule has 1 rings (SSSR count). The van der Waals surface area contributed by atoms with Crippen LogP contribution < -0.4 is 14.8 Å². The molecule has 5 heteroatoms. The number of halogens is 1. The van der Waals surface area contributed by atoms with Gasteiger partial charge in [-0.1, -0.05) is 24.9 Å². The van der Waals surface area contributed by atoms with Crippen molar-refractivity contribution in [1.82, 2.24) is 5.32 Å². The Kier molecular flexibility index (Phi) is 8.42. The molecule has 0 aliphatic carbocycles. The summed E-state index contributed by atoms with van der Waals surface area (Å²) >= 11 is 6.24. The van der Waals surface area contributed by atoms with Gasteiger partial charge in [0.05, 0.1) is 18.7 Å². The normalized spacial score (nSPS) is 10.6. The topological polar surface area (TPSA) is 39.7 Å². The zero-order valence-corrected chi connectivity index (χ0v) is 13.3. The van der Waals surface area contributed by atoms with E-state index in [0.717, 1.165) is 31.6 Å². The summed E-state index contributed by atoms with van der Waals surface area (Å²) in [6.07, 6.45) is 2.20. The van der Waals surface area contributed by atoms with Crippen LogP contribution in [0.15, 0.2) is 12.1 Å². The summed E-state index contributed by atoms with van der Waals surface area (Å²) in [5.74, 6) is 1.23. The minimum absolute atomic E-state index is 0.463. The average Bonchev–Trinajstić information content (AvgIpc) is 2.44. The van der Waals surface area contributed by atoms with E-state index in [2.05, 4.69) is 12.2 Å². The largest absolute Gasteiger partial charge is 0.493 e. The summed E-state index contributed by atoms with van der Waals surface area (Å²) in [6, 6.07) is 3.81. The van der Waals surface area contributed by atoms with Crippen LogP contribution in [0, 0.1) is 0 Å². The molecule has 0 saturated heterocycles. The fraction of sp³-hybridized carbons (Fsp3) is 0.600. The summed E-state index contributed by atoms with van der Waals surface area (Å²) < 4.78 is 16.5. The van der Waals surface area contributed by atoms with Gasteiger partial charge in [0.2, 0.25) is 0 Å². The second kappa shape index (κ2) is 9.86. The number of methoxy groups -OCH3 is 1. The van der Waals surface area contributed by atoms with Gasteiger partial charge in [0.25, 0.3) is 0 Å². The molecule has 0 saturated carbocycles. The summed E-state index contributed by atoms with van der Waals surface area (Å²) in [4.78, 5) is 0. The molecule has 4 nitrogen and oxygen atoms in total. The van der Waals surface area contributed by atoms with Crippen LogP contribution in [0.1, 0.15) is 25.3 Å². The third-order valence-corrected chi connectivity index (χ3v) is 3.07. The number of rotatable bonds is 10. The highest BCUT2D eigenvalue weighted by Crippen LogP contribution is 2.36. The molecule has 1 aromatic carbocycles. The molecule has 0 spiro atoms. The van der Waals surface area contributed by atoms with E-state index in [-0.39, 0.29) is 0 Å². The summed E-state index contributed by atoms with van der Waals surface area (Å²) in [5, 5.41) is 3.64. The van der Waals surface area contributed by atoms with E-state index in [4.69, 9.17) is 25.8 Å². The van der Waals surface area contributed by atoms with Gasteiger partial charge < -0.3 is 19.5 Å². The summed E-state index contributed by atoms with van der Waals surface area (Å²) in [5.41, 5.74) is 1.06. The third kappa shape index (κ3) is 5.57. The zero-order valence-electron chi connectivity index (χ0n) is 12.5. The van der Waals surface area contributed by atoms with Crippen LogP contribution in [0.5, 0.6) is 11.5 Å². The monoisotopic (exact) mass is 301 g/mol. The molecule has 0 aliphatic heterocycles. The summed E-state index contributed by atoms with van der Waals surface area (Å²) in [7, 11) is 3.50. The fourth-order valence-corrected chi connectivity index (χ4v) is 2.06. The number of hydrogen-bond donors (Lipinski definition) is 1. The first kappa shape index (κ1) is 17.1. The molecule has 0 unspecified atom stereocenters. The van der Waals surface area contributed by atoms with Gasteiger partial charge in [-0.2, -0.15) is 0 Å². The SMILES string of the molecule is CCCCOCCOc1c(Cl)cc(CNC)cc1OC. The van der Waals surface area contributed by atoms with Gasteiger partial charge in [-0.3, -0.25) is 0 Å². The van der Waals surface area contributed by atoms with E-state index in [0.29, 0.717) is 29.7 Å². The Balaban J connectivity index is 2.55. The van der Waals surface area contributed by atoms with Crippen LogP contribution in [-0.4, -0.2) is 34.0 Å². The molecule has 0 atom stereocenters. The van der Waals surface area contributed by atoms with E-state index in [1.807, 2.05) is 19.2 Å². The molecule has 0 fully saturated rings. The number of ether oxygens (including phenoxy) is 3. The van der Waals surface area contributed by atoms with Crippen LogP contribution in [0.4, 0.5) is 0 Å². The van der Waals surface area contributed by atoms with E-state index in [9.17, 15) is 0 Å². The van der Waals surface area contributed by atoms with Crippen molar-refractivity contribution >= 4 is 11.6 Å². The first-order valence-corrected chi connectivity index (χ1v) is 7.32. The van der Waals surface area contributed by atoms with Gasteiger partial charge in [0, 0.05) is 13.2 Å². The number of hydrogen-bond acceptors (Lipinski definition) is 4. The van der Waals surface area contributed by atoms with Crippen LogP contribution in [-0.2, 0) is 11.3 Å². The molecule has 0 bridgehead atoms. The lowest BCUT2D eigenvalue weighted by Crippen LogP contribution is -2.09. The second-order valence-electron chi connectivity index (χ2n) is 4.45. The number of nitrogens with one attached hydrogen (secondary N) is 1. The predicted octanol–water partition coefficient (Wildman–Crippen LogP) is 3.26. The Labute approximate surface area is 126 Å². The van der Waals surface area contributed by atoms with Gasteiger partial charge >= 0.3 is 0 Å². The van der Waals surface area contributed by atoms with Crippen molar-refractivity contribution in [2.24, 2.45) is 0 Å². The standard InChI is InChI=1S/C15H24ClNO3/c1-4-5-6-19-7-8-20-15-13(16)9-12(11-17-2)10-14(15)18-3/h9-10,17H,4-8,11H2,1-3H3. The van der Waals surface area contributed by atoms with E-state index >= 15 is 0 Å². The first-order valence-electron chi connectivity index (χ1n) is 6.94. The highest BCUT2D eigenvalue weighted by molar-refractivity contribution is 6.32. The molecule has 1 N–H and O–H groups in total. The fourth-order valence-electron chi connectivity index (χ4n) is 1.77. The Bertz CT molecular complexity index is 399. The molecular weight excluding hydrogens is 278 g/mol. The maximum Gasteiger partial charge on any atom is 0.179 e. The second-order valence-corrected chi connectivity index (χ2v) is 4.86. The van der Waals surface area contributed by atoms with Crippen LogP contribution in [0.3, 0.4) is 0 Å². The predicted molar refractivity (Wildman–Crippen MR) is 82.0 cm³/mol. The molecule has 20 heavy (non-hydrogen) atoms. The molecule has 0 heterocycles. The summed E-state index contributed by atoms with van der Waals surface area (Å²) in [6.45, 7) is 4.66. The Hall–Kier alpha value is -0.970. The minimum Gasteiger partial charge on any atom is -0.493 e. The van der Waals surface area contributed by atoms with E-state index in [1.54, 1.807) is 7.11 Å². The van der Waals surface area contributed by atoms with Crippen molar-refractivity contribution in [3.8, 4) is 11.5 Å². The van der Waals surface area contributed by atoms with Crippen LogP contribution in [0.2, 0.25) is 5.02 Å². The molecular formula is C15H24ClNO3. The molecule has 114 valence electrons. The molecule has 0 aromatic heterocycles. The van der Waals surface area contributed by atoms with Crippen molar-refractivity contribution < 1.29 is 14.2 Å². The maximum absolute atomic E-state index is 6.24. The van der Waals surface area contributed by atoms with Gasteiger partial charge in [-0.25, -0.2) is 0 Å². The smallest absolute Gasteiger partial charge is 0.179 e. The number of benzene rings is 1. The first-order chi connectivity index (χ1) is 9.72. The van der Waals surface area contributed by atoms with Crippen molar-refractivity contribution in [2.45, 2.75) is 26.3 Å². The van der Waals surface area contributed by atoms with Gasteiger partial charge in [0.15, 0.2) is 11.5 Å². The van der Waals surface area contributed by atoms with Crippen molar-refractivity contribution in [3.63, 3.8) is 0 Å². The molecule has 0 radical (unpaired) electrons.